The van der Waals surface area contributed by atoms with Gasteiger partial charge >= 0.3 is 5.97 Å². The van der Waals surface area contributed by atoms with Crippen molar-refractivity contribution < 1.29 is 49.4 Å². The minimum atomic E-state index is -3.18. The number of carboxylic acids is 3. The summed E-state index contributed by atoms with van der Waals surface area (Å²) in [6.45, 7) is 0. The molecule has 2 N–H and O–H groups in total. The van der Waals surface area contributed by atoms with Crippen molar-refractivity contribution >= 4 is 23.9 Å². The molecule has 2 rings (SSSR count). The highest BCUT2D eigenvalue weighted by Gasteiger charge is 2.64. The standard InChI is InChI=1S/C15H14O10/c16-7-4-8(17)6-9(5-7)25-13(24)15(12(22)23)3-1-2-14(15,10(18)19)11(20)21/h4-6,16-17H,1-3H2,(H,18,19)(H,20,21)(H,22,23)/p-3. The van der Waals surface area contributed by atoms with Gasteiger partial charge in [-0.25, -0.2) is 0 Å². The van der Waals surface area contributed by atoms with Gasteiger partial charge in [-0.1, -0.05) is 6.42 Å². The Hall–Kier alpha value is -3.30. The Morgan fingerprint density at radius 3 is 1.72 bits per heavy atom. The van der Waals surface area contributed by atoms with E-state index in [0.717, 1.165) is 18.2 Å². The smallest absolute Gasteiger partial charge is 0.324 e. The van der Waals surface area contributed by atoms with E-state index < -0.39 is 64.8 Å². The van der Waals surface area contributed by atoms with Crippen molar-refractivity contribution in [3.63, 3.8) is 0 Å². The van der Waals surface area contributed by atoms with Crippen LogP contribution in [0.4, 0.5) is 0 Å². The number of benzene rings is 1. The number of phenolic OH excluding ortho intramolecular Hbond substituents is 2. The van der Waals surface area contributed by atoms with Crippen molar-refractivity contribution in [2.75, 3.05) is 0 Å². The number of hydrogen-bond donors (Lipinski definition) is 2. The number of carbonyl (C=O) groups excluding carboxylic acids is 4. The molecule has 1 fully saturated rings. The first kappa shape index (κ1) is 18.0. The number of ether oxygens (including phenoxy) is 1. The minimum Gasteiger partial charge on any atom is -0.549 e. The van der Waals surface area contributed by atoms with Gasteiger partial charge < -0.3 is 44.7 Å². The first-order chi connectivity index (χ1) is 11.6. The Kier molecular flexibility index (Phi) is 4.31. The van der Waals surface area contributed by atoms with Crippen LogP contribution in [0.15, 0.2) is 18.2 Å². The molecule has 10 nitrogen and oxygen atoms in total. The number of carboxylic acid groups (broad SMARTS) is 3. The van der Waals surface area contributed by atoms with E-state index in [9.17, 15) is 44.7 Å². The molecule has 10 heteroatoms. The van der Waals surface area contributed by atoms with E-state index in [1.54, 1.807) is 0 Å². The first-order valence-corrected chi connectivity index (χ1v) is 6.97. The van der Waals surface area contributed by atoms with E-state index in [1.807, 2.05) is 0 Å². The van der Waals surface area contributed by atoms with Crippen molar-refractivity contribution in [3.05, 3.63) is 18.2 Å². The second-order valence-electron chi connectivity index (χ2n) is 5.60. The summed E-state index contributed by atoms with van der Waals surface area (Å²) in [5, 5.41) is 53.2. The zero-order valence-corrected chi connectivity index (χ0v) is 12.5. The van der Waals surface area contributed by atoms with Crippen LogP contribution in [0, 0.1) is 10.8 Å². The molecule has 1 aromatic rings. The molecule has 1 aliphatic rings. The van der Waals surface area contributed by atoms with Crippen molar-refractivity contribution in [1.29, 1.82) is 0 Å². The number of esters is 1. The Bertz CT molecular complexity index is 733. The van der Waals surface area contributed by atoms with E-state index >= 15 is 0 Å². The van der Waals surface area contributed by atoms with Crippen LogP contribution in [0.1, 0.15) is 19.3 Å². The molecule has 1 unspecified atom stereocenters. The van der Waals surface area contributed by atoms with Crippen LogP contribution in [0.3, 0.4) is 0 Å². The molecule has 1 saturated carbocycles. The highest BCUT2D eigenvalue weighted by Crippen LogP contribution is 2.53. The van der Waals surface area contributed by atoms with Crippen LogP contribution in [0.5, 0.6) is 17.2 Å². The monoisotopic (exact) mass is 351 g/mol. The van der Waals surface area contributed by atoms with Gasteiger partial charge in [0.15, 0.2) is 0 Å². The molecule has 0 radical (unpaired) electrons. The first-order valence-electron chi connectivity index (χ1n) is 6.97. The molecule has 0 amide bonds. The maximum absolute atomic E-state index is 12.4. The normalized spacial score (nSPS) is 21.4. The van der Waals surface area contributed by atoms with Crippen LogP contribution in [0.25, 0.3) is 0 Å². The summed E-state index contributed by atoms with van der Waals surface area (Å²) in [4.78, 5) is 46.9. The highest BCUT2D eigenvalue weighted by atomic mass is 16.5. The highest BCUT2D eigenvalue weighted by molar-refractivity contribution is 6.13. The summed E-state index contributed by atoms with van der Waals surface area (Å²) in [5.41, 5.74) is -6.27. The third-order valence-electron chi connectivity index (χ3n) is 4.31. The fourth-order valence-corrected chi connectivity index (χ4v) is 3.14. The average Bonchev–Trinajstić information content (AvgIpc) is 2.88. The van der Waals surface area contributed by atoms with Crippen LogP contribution in [-0.4, -0.2) is 34.1 Å². The summed E-state index contributed by atoms with van der Waals surface area (Å²) in [6, 6.07) is 2.54. The lowest BCUT2D eigenvalue weighted by molar-refractivity contribution is -0.359. The predicted molar refractivity (Wildman–Crippen MR) is 69.1 cm³/mol. The lowest BCUT2D eigenvalue weighted by Crippen LogP contribution is -2.68. The Morgan fingerprint density at radius 2 is 1.28 bits per heavy atom. The molecule has 1 aliphatic carbocycles. The summed E-state index contributed by atoms with van der Waals surface area (Å²) >= 11 is 0. The molecule has 0 spiro atoms. The zero-order chi connectivity index (χ0) is 19.0. The summed E-state index contributed by atoms with van der Waals surface area (Å²) < 4.78 is 4.72. The number of aromatic hydroxyl groups is 2. The van der Waals surface area contributed by atoms with Gasteiger partial charge in [-0.2, -0.15) is 0 Å². The van der Waals surface area contributed by atoms with E-state index in [0.29, 0.717) is 0 Å². The molecular weight excluding hydrogens is 340 g/mol. The minimum absolute atomic E-state index is 0.254. The van der Waals surface area contributed by atoms with Gasteiger partial charge in [0.05, 0.1) is 23.3 Å². The third-order valence-corrected chi connectivity index (χ3v) is 4.31. The molecule has 1 aromatic carbocycles. The Labute approximate surface area is 139 Å². The average molecular weight is 351 g/mol. The van der Waals surface area contributed by atoms with Crippen LogP contribution < -0.4 is 20.1 Å². The van der Waals surface area contributed by atoms with Gasteiger partial charge in [0, 0.05) is 18.2 Å². The van der Waals surface area contributed by atoms with Gasteiger partial charge in [0.25, 0.3) is 0 Å². The van der Waals surface area contributed by atoms with Crippen molar-refractivity contribution in [3.8, 4) is 17.2 Å². The van der Waals surface area contributed by atoms with E-state index in [2.05, 4.69) is 0 Å². The summed E-state index contributed by atoms with van der Waals surface area (Å²) in [5.74, 6) is -10.3. The van der Waals surface area contributed by atoms with Gasteiger partial charge in [0.1, 0.15) is 22.7 Å². The number of aliphatic carboxylic acids is 3. The molecule has 134 valence electrons. The van der Waals surface area contributed by atoms with Gasteiger partial charge in [-0.3, -0.25) is 4.79 Å². The van der Waals surface area contributed by atoms with E-state index in [-0.39, 0.29) is 6.42 Å². The lowest BCUT2D eigenvalue weighted by atomic mass is 9.65. The predicted octanol–water partition coefficient (Wildman–Crippen LogP) is -3.59. The number of phenols is 2. The van der Waals surface area contributed by atoms with Gasteiger partial charge in [-0.15, -0.1) is 0 Å². The quantitative estimate of drug-likeness (QED) is 0.305. The van der Waals surface area contributed by atoms with Crippen LogP contribution in [-0.2, 0) is 19.2 Å². The molecule has 0 heterocycles. The van der Waals surface area contributed by atoms with Crippen molar-refractivity contribution in [1.82, 2.24) is 0 Å². The summed E-state index contributed by atoms with van der Waals surface area (Å²) in [7, 11) is 0. The molecule has 0 saturated heterocycles. The summed E-state index contributed by atoms with van der Waals surface area (Å²) in [6.07, 6.45) is -1.68. The molecular formula is C15H11O10-3. The van der Waals surface area contributed by atoms with Crippen LogP contribution >= 0.6 is 0 Å². The molecule has 25 heavy (non-hydrogen) atoms. The fourth-order valence-electron chi connectivity index (χ4n) is 3.14. The maximum Gasteiger partial charge on any atom is 0.324 e. The SMILES string of the molecule is O=C([O-])C1(C(=O)[O-])CCCC1(C(=O)[O-])C(=O)Oc1cc(O)cc(O)c1. The fraction of sp³-hybridized carbons (Fsp3) is 0.333. The largest absolute Gasteiger partial charge is 0.549 e. The number of hydrogen-bond acceptors (Lipinski definition) is 10. The van der Waals surface area contributed by atoms with Gasteiger partial charge in [0.2, 0.25) is 0 Å². The molecule has 1 atom stereocenters. The lowest BCUT2D eigenvalue weighted by Gasteiger charge is -2.45. The third kappa shape index (κ3) is 2.51. The van der Waals surface area contributed by atoms with Gasteiger partial charge in [-0.05, 0) is 12.8 Å². The van der Waals surface area contributed by atoms with Crippen molar-refractivity contribution in [2.24, 2.45) is 10.8 Å². The zero-order valence-electron chi connectivity index (χ0n) is 12.5. The molecule has 0 aliphatic heterocycles. The van der Waals surface area contributed by atoms with Crippen LogP contribution in [0.2, 0.25) is 0 Å². The topological polar surface area (TPSA) is 187 Å². The van der Waals surface area contributed by atoms with E-state index in [1.165, 1.54) is 0 Å². The second-order valence-corrected chi connectivity index (χ2v) is 5.60. The number of carbonyl (C=O) groups is 4. The Balaban J connectivity index is 2.56. The van der Waals surface area contributed by atoms with E-state index in [4.69, 9.17) is 4.74 Å². The molecule has 0 bridgehead atoms. The second kappa shape index (κ2) is 5.96. The Morgan fingerprint density at radius 1 is 0.840 bits per heavy atom. The van der Waals surface area contributed by atoms with Crippen molar-refractivity contribution in [2.45, 2.75) is 19.3 Å². The molecule has 0 aromatic heterocycles. The number of rotatable bonds is 5. The maximum atomic E-state index is 12.4.